The Bertz CT molecular complexity index is 769. The Morgan fingerprint density at radius 1 is 1.22 bits per heavy atom. The monoisotopic (exact) mass is 311 g/mol. The number of fused-ring (bicyclic) bond motifs is 1. The number of imidazole rings is 2. The van der Waals surface area contributed by atoms with Gasteiger partial charge in [0.15, 0.2) is 5.65 Å². The minimum atomic E-state index is -0.0219. The van der Waals surface area contributed by atoms with Crippen molar-refractivity contribution in [1.82, 2.24) is 34.1 Å². The molecule has 4 heterocycles. The first-order valence-corrected chi connectivity index (χ1v) is 7.58. The topological polar surface area (TPSA) is 82.4 Å². The molecule has 118 valence electrons. The zero-order valence-electron chi connectivity index (χ0n) is 12.6. The summed E-state index contributed by atoms with van der Waals surface area (Å²) < 4.78 is 1.81. The Hall–Kier alpha value is -2.74. The van der Waals surface area contributed by atoms with Gasteiger partial charge in [-0.25, -0.2) is 9.97 Å². The zero-order valence-corrected chi connectivity index (χ0v) is 12.6. The molecule has 0 saturated carbocycles. The van der Waals surface area contributed by atoms with E-state index in [-0.39, 0.29) is 5.91 Å². The van der Waals surface area contributed by atoms with E-state index >= 15 is 0 Å². The first-order chi connectivity index (χ1) is 11.3. The third-order valence-corrected chi connectivity index (χ3v) is 4.07. The normalized spacial score (nSPS) is 16.1. The highest BCUT2D eigenvalue weighted by atomic mass is 16.2. The predicted molar refractivity (Wildman–Crippen MR) is 82.8 cm³/mol. The molecule has 0 atom stereocenters. The van der Waals surface area contributed by atoms with E-state index in [1.54, 1.807) is 31.0 Å². The van der Waals surface area contributed by atoms with Gasteiger partial charge in [0.2, 0.25) is 0 Å². The molecule has 0 aromatic carbocycles. The lowest BCUT2D eigenvalue weighted by atomic mass is 10.3. The van der Waals surface area contributed by atoms with E-state index in [0.29, 0.717) is 24.4 Å². The third-order valence-electron chi connectivity index (χ3n) is 4.07. The Labute approximate surface area is 132 Å². The lowest BCUT2D eigenvalue weighted by Crippen LogP contribution is -2.48. The van der Waals surface area contributed by atoms with Gasteiger partial charge < -0.3 is 14.3 Å². The summed E-state index contributed by atoms with van der Waals surface area (Å²) in [7, 11) is 0. The number of hydrogen-bond donors (Lipinski definition) is 1. The largest absolute Gasteiger partial charge is 0.348 e. The average Bonchev–Trinajstić information content (AvgIpc) is 3.24. The Kier molecular flexibility index (Phi) is 3.51. The second kappa shape index (κ2) is 5.81. The number of carbonyl (C=O) groups is 1. The van der Waals surface area contributed by atoms with Crippen molar-refractivity contribution >= 4 is 11.6 Å². The number of carbonyl (C=O) groups excluding carboxylic acids is 1. The summed E-state index contributed by atoms with van der Waals surface area (Å²) >= 11 is 0. The van der Waals surface area contributed by atoms with Gasteiger partial charge in [0.05, 0.1) is 12.7 Å². The highest BCUT2D eigenvalue weighted by Crippen LogP contribution is 2.11. The quantitative estimate of drug-likeness (QED) is 0.757. The number of amides is 1. The number of rotatable bonds is 3. The molecule has 23 heavy (non-hydrogen) atoms. The maximum absolute atomic E-state index is 12.6. The fourth-order valence-corrected chi connectivity index (χ4v) is 2.81. The van der Waals surface area contributed by atoms with Crippen LogP contribution >= 0.6 is 0 Å². The number of nitrogens with one attached hydrogen (secondary N) is 1. The number of hydrogen-bond acceptors (Lipinski definition) is 5. The molecule has 4 rings (SSSR count). The second-order valence-electron chi connectivity index (χ2n) is 5.57. The summed E-state index contributed by atoms with van der Waals surface area (Å²) in [6.45, 7) is 3.86. The summed E-state index contributed by atoms with van der Waals surface area (Å²) in [4.78, 5) is 32.4. The lowest BCUT2D eigenvalue weighted by Gasteiger charge is -2.33. The Morgan fingerprint density at radius 3 is 2.83 bits per heavy atom. The van der Waals surface area contributed by atoms with E-state index in [9.17, 15) is 4.79 Å². The molecule has 3 aromatic rings. The van der Waals surface area contributed by atoms with E-state index in [4.69, 9.17) is 0 Å². The van der Waals surface area contributed by atoms with Crippen molar-refractivity contribution in [3.05, 3.63) is 48.7 Å². The van der Waals surface area contributed by atoms with Crippen LogP contribution in [-0.2, 0) is 6.54 Å². The molecule has 1 aliphatic heterocycles. The lowest BCUT2D eigenvalue weighted by molar-refractivity contribution is 0.0620. The van der Waals surface area contributed by atoms with Crippen LogP contribution in [-0.4, -0.2) is 66.2 Å². The van der Waals surface area contributed by atoms with Crippen LogP contribution in [0.1, 0.15) is 16.3 Å². The number of piperazine rings is 1. The molecule has 8 nitrogen and oxygen atoms in total. The van der Waals surface area contributed by atoms with Crippen LogP contribution in [0.2, 0.25) is 0 Å². The molecule has 0 spiro atoms. The first-order valence-electron chi connectivity index (χ1n) is 7.58. The molecule has 3 aromatic heterocycles. The van der Waals surface area contributed by atoms with Crippen molar-refractivity contribution in [2.24, 2.45) is 0 Å². The van der Waals surface area contributed by atoms with Crippen LogP contribution in [0.25, 0.3) is 5.65 Å². The third kappa shape index (κ3) is 2.80. The fourth-order valence-electron chi connectivity index (χ4n) is 2.81. The molecule has 1 N–H and O–H groups in total. The molecule has 0 radical (unpaired) electrons. The van der Waals surface area contributed by atoms with E-state index < -0.39 is 0 Å². The Balaban J connectivity index is 1.40. The van der Waals surface area contributed by atoms with Crippen LogP contribution in [0.15, 0.2) is 37.2 Å². The molecule has 0 aliphatic carbocycles. The average molecular weight is 311 g/mol. The van der Waals surface area contributed by atoms with Crippen molar-refractivity contribution in [3.8, 4) is 0 Å². The van der Waals surface area contributed by atoms with Crippen LogP contribution in [0.5, 0.6) is 0 Å². The predicted octanol–water partition coefficient (Wildman–Crippen LogP) is 0.410. The second-order valence-corrected chi connectivity index (χ2v) is 5.57. The highest BCUT2D eigenvalue weighted by Gasteiger charge is 2.24. The number of H-pyrrole nitrogens is 1. The van der Waals surface area contributed by atoms with Crippen LogP contribution in [0.3, 0.4) is 0 Å². The molecule has 8 heteroatoms. The van der Waals surface area contributed by atoms with Crippen LogP contribution < -0.4 is 0 Å². The smallest absolute Gasteiger partial charge is 0.274 e. The molecule has 0 unspecified atom stereocenters. The number of nitrogens with zero attached hydrogens (tertiary/aromatic N) is 6. The van der Waals surface area contributed by atoms with Gasteiger partial charge in [-0.05, 0) is 0 Å². The minimum absolute atomic E-state index is 0.0219. The maximum atomic E-state index is 12.6. The van der Waals surface area contributed by atoms with E-state index in [2.05, 4.69) is 24.8 Å². The molecule has 1 fully saturated rings. The van der Waals surface area contributed by atoms with Gasteiger partial charge in [-0.1, -0.05) is 0 Å². The summed E-state index contributed by atoms with van der Waals surface area (Å²) in [5.41, 5.74) is 1.16. The fraction of sp³-hybridized carbons (Fsp3) is 0.333. The van der Waals surface area contributed by atoms with Gasteiger partial charge in [0.1, 0.15) is 11.5 Å². The summed E-state index contributed by atoms with van der Waals surface area (Å²) in [5.74, 6) is 0.934. The van der Waals surface area contributed by atoms with Crippen LogP contribution in [0.4, 0.5) is 0 Å². The summed E-state index contributed by atoms with van der Waals surface area (Å²) in [6, 6.07) is 0. The molecule has 0 bridgehead atoms. The Morgan fingerprint density at radius 2 is 2.09 bits per heavy atom. The SMILES string of the molecule is O=C(c1cn2ccncc2n1)N1CCN(Cc2ncc[nH]2)CC1. The molecular weight excluding hydrogens is 294 g/mol. The van der Waals surface area contributed by atoms with Gasteiger partial charge in [0.25, 0.3) is 5.91 Å². The zero-order chi connectivity index (χ0) is 15.6. The maximum Gasteiger partial charge on any atom is 0.274 e. The van der Waals surface area contributed by atoms with Crippen LogP contribution in [0, 0.1) is 0 Å². The van der Waals surface area contributed by atoms with Gasteiger partial charge in [-0.2, -0.15) is 0 Å². The van der Waals surface area contributed by atoms with E-state index in [1.807, 2.05) is 15.5 Å². The van der Waals surface area contributed by atoms with Gasteiger partial charge in [-0.3, -0.25) is 14.7 Å². The molecule has 1 saturated heterocycles. The highest BCUT2D eigenvalue weighted by molar-refractivity contribution is 5.93. The standard InChI is InChI=1S/C15H17N7O/c23-15(12-10-22-4-3-16-9-14(22)19-12)21-7-5-20(6-8-21)11-13-17-1-2-18-13/h1-4,9-10H,5-8,11H2,(H,17,18). The minimum Gasteiger partial charge on any atom is -0.348 e. The molecule has 1 aliphatic rings. The van der Waals surface area contributed by atoms with Crippen molar-refractivity contribution in [3.63, 3.8) is 0 Å². The summed E-state index contributed by atoms with van der Waals surface area (Å²) in [6.07, 6.45) is 10.5. The van der Waals surface area contributed by atoms with Crippen molar-refractivity contribution in [2.45, 2.75) is 6.54 Å². The van der Waals surface area contributed by atoms with Gasteiger partial charge in [0, 0.05) is 57.2 Å². The van der Waals surface area contributed by atoms with Crippen molar-refractivity contribution < 1.29 is 4.79 Å². The van der Waals surface area contributed by atoms with Gasteiger partial charge in [-0.15, -0.1) is 0 Å². The first kappa shape index (κ1) is 13.9. The summed E-state index contributed by atoms with van der Waals surface area (Å²) in [5, 5.41) is 0. The van der Waals surface area contributed by atoms with Crippen molar-refractivity contribution in [1.29, 1.82) is 0 Å². The molecular formula is C15H17N7O. The van der Waals surface area contributed by atoms with E-state index in [1.165, 1.54) is 0 Å². The molecule has 1 amide bonds. The number of aromatic nitrogens is 5. The van der Waals surface area contributed by atoms with Gasteiger partial charge >= 0.3 is 0 Å². The van der Waals surface area contributed by atoms with E-state index in [0.717, 1.165) is 25.5 Å². The van der Waals surface area contributed by atoms with Crippen molar-refractivity contribution in [2.75, 3.05) is 26.2 Å². The number of aromatic amines is 1.